The molecule has 0 radical (unpaired) electrons. The van der Waals surface area contributed by atoms with Crippen molar-refractivity contribution in [2.24, 2.45) is 0 Å². The van der Waals surface area contributed by atoms with Crippen LogP contribution in [0.5, 0.6) is 0 Å². The predicted octanol–water partition coefficient (Wildman–Crippen LogP) is 2.45. The van der Waals surface area contributed by atoms with Gasteiger partial charge in [0.2, 0.25) is 5.78 Å². The average Bonchev–Trinajstić information content (AvgIpc) is 3.12. The third kappa shape index (κ3) is 3.80. The first kappa shape index (κ1) is 16.2. The molecule has 0 spiro atoms. The molecule has 2 amide bonds. The molecule has 1 fully saturated rings. The minimum Gasteiger partial charge on any atom is -0.461 e. The van der Waals surface area contributed by atoms with Gasteiger partial charge in [-0.05, 0) is 24.3 Å². The highest BCUT2D eigenvalue weighted by atomic mass is 19.1. The van der Waals surface area contributed by atoms with Crippen LogP contribution < -0.4 is 5.32 Å². The lowest BCUT2D eigenvalue weighted by Crippen LogP contribution is -2.51. The summed E-state index contributed by atoms with van der Waals surface area (Å²) in [7, 11) is 0. The van der Waals surface area contributed by atoms with E-state index in [0.29, 0.717) is 31.9 Å². The summed E-state index contributed by atoms with van der Waals surface area (Å²) in [4.78, 5) is 27.8. The lowest BCUT2D eigenvalue weighted by atomic mass is 10.2. The largest absolute Gasteiger partial charge is 0.461 e. The number of benzene rings is 1. The summed E-state index contributed by atoms with van der Waals surface area (Å²) in [6.45, 7) is 2.38. The highest BCUT2D eigenvalue weighted by Gasteiger charge is 2.23. The first-order valence-electron chi connectivity index (χ1n) is 7.73. The van der Waals surface area contributed by atoms with E-state index >= 15 is 0 Å². The molecule has 2 aromatic rings. The minimum atomic E-state index is -0.464. The van der Waals surface area contributed by atoms with Crippen molar-refractivity contribution in [2.45, 2.75) is 0 Å². The Kier molecular flexibility index (Phi) is 4.90. The first-order chi connectivity index (χ1) is 11.6. The van der Waals surface area contributed by atoms with Crippen LogP contribution in [0.25, 0.3) is 0 Å². The van der Waals surface area contributed by atoms with Gasteiger partial charge in [0.05, 0.1) is 18.5 Å². The fraction of sp³-hybridized carbons (Fsp3) is 0.294. The number of halogens is 1. The van der Waals surface area contributed by atoms with E-state index in [9.17, 15) is 14.0 Å². The highest BCUT2D eigenvalue weighted by Crippen LogP contribution is 2.14. The number of Topliss-reactive ketones (excluding diaryl/α,β-unsaturated/α-hetero) is 1. The summed E-state index contributed by atoms with van der Waals surface area (Å²) in [5, 5.41) is 2.57. The lowest BCUT2D eigenvalue weighted by molar-refractivity contribution is 0.0857. The molecule has 3 rings (SSSR count). The topological polar surface area (TPSA) is 65.8 Å². The normalized spacial score (nSPS) is 15.3. The van der Waals surface area contributed by atoms with Gasteiger partial charge in [-0.2, -0.15) is 0 Å². The Morgan fingerprint density at radius 3 is 2.50 bits per heavy atom. The van der Waals surface area contributed by atoms with E-state index < -0.39 is 5.82 Å². The molecule has 0 bridgehead atoms. The van der Waals surface area contributed by atoms with Gasteiger partial charge in [-0.1, -0.05) is 12.1 Å². The number of urea groups is 1. The molecular formula is C17H18FN3O3. The van der Waals surface area contributed by atoms with Crippen molar-refractivity contribution in [1.29, 1.82) is 0 Å². The summed E-state index contributed by atoms with van der Waals surface area (Å²) in [5.41, 5.74) is 0.165. The molecule has 1 aliphatic heterocycles. The maximum absolute atomic E-state index is 13.6. The molecule has 1 aromatic heterocycles. The van der Waals surface area contributed by atoms with Gasteiger partial charge >= 0.3 is 6.03 Å². The van der Waals surface area contributed by atoms with Crippen molar-refractivity contribution in [3.05, 3.63) is 54.2 Å². The Labute approximate surface area is 138 Å². The maximum Gasteiger partial charge on any atom is 0.322 e. The quantitative estimate of drug-likeness (QED) is 0.874. The van der Waals surface area contributed by atoms with Crippen molar-refractivity contribution in [1.82, 2.24) is 9.80 Å². The van der Waals surface area contributed by atoms with E-state index in [4.69, 9.17) is 4.42 Å². The summed E-state index contributed by atoms with van der Waals surface area (Å²) in [5.74, 6) is -0.201. The SMILES string of the molecule is O=C(CN1CCN(C(=O)Nc2ccccc2F)CC1)c1ccco1. The number of rotatable bonds is 4. The van der Waals surface area contributed by atoms with Crippen LogP contribution in [0.15, 0.2) is 47.1 Å². The van der Waals surface area contributed by atoms with E-state index in [-0.39, 0.29) is 24.0 Å². The van der Waals surface area contributed by atoms with E-state index in [2.05, 4.69) is 5.32 Å². The van der Waals surface area contributed by atoms with Gasteiger partial charge in [0.15, 0.2) is 5.76 Å². The van der Waals surface area contributed by atoms with Crippen molar-refractivity contribution in [2.75, 3.05) is 38.0 Å². The molecule has 0 atom stereocenters. The van der Waals surface area contributed by atoms with Crippen molar-refractivity contribution < 1.29 is 18.4 Å². The maximum atomic E-state index is 13.6. The Bertz CT molecular complexity index is 710. The van der Waals surface area contributed by atoms with Crippen molar-refractivity contribution >= 4 is 17.5 Å². The van der Waals surface area contributed by atoms with Gasteiger partial charge in [0.1, 0.15) is 5.82 Å². The summed E-state index contributed by atoms with van der Waals surface area (Å²) in [6, 6.07) is 9.03. The number of hydrogen-bond donors (Lipinski definition) is 1. The number of anilines is 1. The number of carbonyl (C=O) groups excluding carboxylic acids is 2. The molecule has 2 heterocycles. The van der Waals surface area contributed by atoms with E-state index in [1.54, 1.807) is 29.2 Å². The number of piperazine rings is 1. The Balaban J connectivity index is 1.49. The number of carbonyl (C=O) groups is 2. The number of ketones is 1. The van der Waals surface area contributed by atoms with Crippen molar-refractivity contribution in [3.63, 3.8) is 0 Å². The van der Waals surface area contributed by atoms with Crippen LogP contribution in [0.3, 0.4) is 0 Å². The van der Waals surface area contributed by atoms with Gasteiger partial charge < -0.3 is 14.6 Å². The highest BCUT2D eigenvalue weighted by molar-refractivity contribution is 5.95. The van der Waals surface area contributed by atoms with Crippen LogP contribution in [-0.4, -0.2) is 54.3 Å². The molecule has 24 heavy (non-hydrogen) atoms. The second-order valence-corrected chi connectivity index (χ2v) is 5.57. The molecule has 7 heteroatoms. The fourth-order valence-corrected chi connectivity index (χ4v) is 2.58. The zero-order valence-electron chi connectivity index (χ0n) is 13.1. The molecule has 126 valence electrons. The second kappa shape index (κ2) is 7.27. The Morgan fingerprint density at radius 1 is 1.08 bits per heavy atom. The van der Waals surface area contributed by atoms with Gasteiger partial charge in [-0.3, -0.25) is 9.69 Å². The molecule has 0 aliphatic carbocycles. The van der Waals surface area contributed by atoms with E-state index in [0.717, 1.165) is 0 Å². The number of nitrogens with one attached hydrogen (secondary N) is 1. The van der Waals surface area contributed by atoms with Crippen LogP contribution in [0.1, 0.15) is 10.6 Å². The fourth-order valence-electron chi connectivity index (χ4n) is 2.58. The molecular weight excluding hydrogens is 313 g/mol. The first-order valence-corrected chi connectivity index (χ1v) is 7.73. The second-order valence-electron chi connectivity index (χ2n) is 5.57. The summed E-state index contributed by atoms with van der Waals surface area (Å²) < 4.78 is 18.7. The third-order valence-electron chi connectivity index (χ3n) is 3.94. The van der Waals surface area contributed by atoms with Crippen LogP contribution >= 0.6 is 0 Å². The van der Waals surface area contributed by atoms with Crippen LogP contribution in [0, 0.1) is 5.82 Å². The number of amides is 2. The Hall–Kier alpha value is -2.67. The zero-order valence-corrected chi connectivity index (χ0v) is 13.1. The molecule has 0 unspecified atom stereocenters. The number of hydrogen-bond acceptors (Lipinski definition) is 4. The molecule has 0 saturated carbocycles. The van der Waals surface area contributed by atoms with Crippen LogP contribution in [0.4, 0.5) is 14.9 Å². The monoisotopic (exact) mass is 331 g/mol. The van der Waals surface area contributed by atoms with E-state index in [1.807, 2.05) is 4.90 Å². The molecule has 1 aromatic carbocycles. The number of nitrogens with zero attached hydrogens (tertiary/aromatic N) is 2. The third-order valence-corrected chi connectivity index (χ3v) is 3.94. The average molecular weight is 331 g/mol. The molecule has 6 nitrogen and oxygen atoms in total. The zero-order chi connectivity index (χ0) is 16.9. The predicted molar refractivity (Wildman–Crippen MR) is 86.5 cm³/mol. The Morgan fingerprint density at radius 2 is 1.83 bits per heavy atom. The lowest BCUT2D eigenvalue weighted by Gasteiger charge is -2.34. The molecule has 1 N–H and O–H groups in total. The van der Waals surface area contributed by atoms with Gasteiger partial charge in [-0.25, -0.2) is 9.18 Å². The standard InChI is InChI=1S/C17H18FN3O3/c18-13-4-1-2-5-14(13)19-17(23)21-9-7-20(8-10-21)12-15(22)16-6-3-11-24-16/h1-6,11H,7-10,12H2,(H,19,23). The van der Waals surface area contributed by atoms with Crippen molar-refractivity contribution in [3.8, 4) is 0 Å². The van der Waals surface area contributed by atoms with Crippen LogP contribution in [0.2, 0.25) is 0 Å². The van der Waals surface area contributed by atoms with E-state index in [1.165, 1.54) is 18.4 Å². The minimum absolute atomic E-state index is 0.0794. The summed E-state index contributed by atoms with van der Waals surface area (Å²) >= 11 is 0. The summed E-state index contributed by atoms with van der Waals surface area (Å²) in [6.07, 6.45) is 1.47. The van der Waals surface area contributed by atoms with Gasteiger partial charge in [-0.15, -0.1) is 0 Å². The van der Waals surface area contributed by atoms with Gasteiger partial charge in [0, 0.05) is 26.2 Å². The van der Waals surface area contributed by atoms with Crippen LogP contribution in [-0.2, 0) is 0 Å². The smallest absolute Gasteiger partial charge is 0.322 e. The number of furan rings is 1. The van der Waals surface area contributed by atoms with Gasteiger partial charge in [0.25, 0.3) is 0 Å². The molecule has 1 saturated heterocycles. The number of para-hydroxylation sites is 1. The molecule has 1 aliphatic rings.